The van der Waals surface area contributed by atoms with Gasteiger partial charge in [-0.2, -0.15) is 0 Å². The Bertz CT molecular complexity index is 539. The molecule has 0 saturated carbocycles. The molecule has 0 bridgehead atoms. The fourth-order valence-corrected chi connectivity index (χ4v) is 3.44. The van der Waals surface area contributed by atoms with Gasteiger partial charge in [-0.1, -0.05) is 44.2 Å². The maximum absolute atomic E-state index is 5.81. The molecule has 0 saturated heterocycles. The molecule has 2 rings (SSSR count). The van der Waals surface area contributed by atoms with Crippen LogP contribution >= 0.6 is 11.3 Å². The summed E-state index contributed by atoms with van der Waals surface area (Å²) in [6.45, 7) is 8.85. The van der Waals surface area contributed by atoms with Crippen LogP contribution in [0.25, 0.3) is 11.3 Å². The fourth-order valence-electron chi connectivity index (χ4n) is 2.25. The van der Waals surface area contributed by atoms with Crippen LogP contribution in [0, 0.1) is 0 Å². The van der Waals surface area contributed by atoms with Crippen molar-refractivity contribution in [1.82, 2.24) is 10.3 Å². The Balaban J connectivity index is 2.35. The predicted molar refractivity (Wildman–Crippen MR) is 89.6 cm³/mol. The number of rotatable bonds is 8. The molecule has 1 N–H and O–H groups in total. The Labute approximate surface area is 131 Å². The number of thiazole rings is 1. The summed E-state index contributed by atoms with van der Waals surface area (Å²) in [5.41, 5.74) is 2.27. The highest BCUT2D eigenvalue weighted by Gasteiger charge is 2.18. The topological polar surface area (TPSA) is 34.1 Å². The molecule has 2 aromatic rings. The molecule has 0 aliphatic rings. The van der Waals surface area contributed by atoms with E-state index in [0.29, 0.717) is 0 Å². The van der Waals surface area contributed by atoms with Gasteiger partial charge in [-0.25, -0.2) is 4.98 Å². The summed E-state index contributed by atoms with van der Waals surface area (Å²) in [5.74, 6) is 0. The molecule has 114 valence electrons. The number of nitrogens with zero attached hydrogens (tertiary/aromatic N) is 1. The van der Waals surface area contributed by atoms with E-state index >= 15 is 0 Å². The van der Waals surface area contributed by atoms with Crippen molar-refractivity contribution in [3.05, 3.63) is 40.2 Å². The summed E-state index contributed by atoms with van der Waals surface area (Å²) >= 11 is 1.77. The fraction of sp³-hybridized carbons (Fsp3) is 0.471. The van der Waals surface area contributed by atoms with E-state index in [1.807, 2.05) is 13.0 Å². The van der Waals surface area contributed by atoms with Gasteiger partial charge in [0.05, 0.1) is 5.69 Å². The Morgan fingerprint density at radius 3 is 2.57 bits per heavy atom. The molecule has 0 radical (unpaired) electrons. The second kappa shape index (κ2) is 8.27. The number of hydrogen-bond donors (Lipinski definition) is 1. The number of aromatic nitrogens is 1. The first-order valence-electron chi connectivity index (χ1n) is 7.67. The second-order valence-corrected chi connectivity index (χ2v) is 5.94. The molecular weight excluding hydrogens is 280 g/mol. The van der Waals surface area contributed by atoms with E-state index in [4.69, 9.17) is 9.72 Å². The lowest BCUT2D eigenvalue weighted by Crippen LogP contribution is -2.11. The highest BCUT2D eigenvalue weighted by Crippen LogP contribution is 2.33. The molecule has 0 spiro atoms. The summed E-state index contributed by atoms with van der Waals surface area (Å²) in [7, 11) is 0. The van der Waals surface area contributed by atoms with Crippen molar-refractivity contribution in [2.24, 2.45) is 0 Å². The number of ether oxygens (including phenoxy) is 1. The molecule has 21 heavy (non-hydrogen) atoms. The Kier molecular flexibility index (Phi) is 6.36. The Morgan fingerprint density at radius 2 is 1.95 bits per heavy atom. The van der Waals surface area contributed by atoms with Gasteiger partial charge in [-0.3, -0.25) is 0 Å². The highest BCUT2D eigenvalue weighted by molar-refractivity contribution is 7.12. The third-order valence-electron chi connectivity index (χ3n) is 3.31. The molecule has 0 aliphatic heterocycles. The van der Waals surface area contributed by atoms with E-state index in [1.54, 1.807) is 11.3 Å². The first-order chi connectivity index (χ1) is 10.3. The van der Waals surface area contributed by atoms with Crippen molar-refractivity contribution in [2.45, 2.75) is 39.8 Å². The Hall–Kier alpha value is -1.23. The van der Waals surface area contributed by atoms with Crippen molar-refractivity contribution in [2.75, 3.05) is 13.2 Å². The molecular formula is C17H24N2OS. The van der Waals surface area contributed by atoms with Gasteiger partial charge in [0.25, 0.3) is 0 Å². The lowest BCUT2D eigenvalue weighted by molar-refractivity contribution is 0.0597. The molecule has 1 unspecified atom stereocenters. The minimum Gasteiger partial charge on any atom is -0.371 e. The SMILES string of the molecule is CCNCc1sc(C(CC)OCC)nc1-c1ccccc1. The van der Waals surface area contributed by atoms with Crippen LogP contribution in [0.1, 0.15) is 43.2 Å². The first-order valence-corrected chi connectivity index (χ1v) is 8.49. The van der Waals surface area contributed by atoms with E-state index in [-0.39, 0.29) is 6.10 Å². The normalized spacial score (nSPS) is 12.5. The predicted octanol–water partition coefficient (Wildman–Crippen LogP) is 4.41. The third-order valence-corrected chi connectivity index (χ3v) is 4.46. The van der Waals surface area contributed by atoms with Crippen LogP contribution in [0.5, 0.6) is 0 Å². The molecule has 1 atom stereocenters. The van der Waals surface area contributed by atoms with Crippen molar-refractivity contribution < 1.29 is 4.74 Å². The molecule has 0 amide bonds. The number of benzene rings is 1. The van der Waals surface area contributed by atoms with Gasteiger partial charge in [-0.15, -0.1) is 11.3 Å². The standard InChI is InChI=1S/C17H24N2OS/c1-4-14(20-6-3)17-19-16(13-10-8-7-9-11-13)15(21-17)12-18-5-2/h7-11,14,18H,4-6,12H2,1-3H3. The largest absolute Gasteiger partial charge is 0.371 e. The zero-order valence-corrected chi connectivity index (χ0v) is 13.9. The van der Waals surface area contributed by atoms with E-state index in [0.717, 1.165) is 36.8 Å². The van der Waals surface area contributed by atoms with Crippen molar-refractivity contribution >= 4 is 11.3 Å². The van der Waals surface area contributed by atoms with Gasteiger partial charge >= 0.3 is 0 Å². The van der Waals surface area contributed by atoms with E-state index in [9.17, 15) is 0 Å². The monoisotopic (exact) mass is 304 g/mol. The highest BCUT2D eigenvalue weighted by atomic mass is 32.1. The molecule has 1 aromatic heterocycles. The number of hydrogen-bond acceptors (Lipinski definition) is 4. The smallest absolute Gasteiger partial charge is 0.123 e. The summed E-state index contributed by atoms with van der Waals surface area (Å²) in [5, 5.41) is 4.50. The molecule has 3 nitrogen and oxygen atoms in total. The second-order valence-electron chi connectivity index (χ2n) is 4.82. The maximum atomic E-state index is 5.81. The molecule has 0 fully saturated rings. The first kappa shape index (κ1) is 16.1. The lowest BCUT2D eigenvalue weighted by Gasteiger charge is -2.11. The van der Waals surface area contributed by atoms with E-state index in [1.165, 1.54) is 10.4 Å². The van der Waals surface area contributed by atoms with E-state index < -0.39 is 0 Å². The molecule has 1 heterocycles. The summed E-state index contributed by atoms with van der Waals surface area (Å²) in [4.78, 5) is 6.16. The van der Waals surface area contributed by atoms with Crippen molar-refractivity contribution in [3.8, 4) is 11.3 Å². The zero-order valence-electron chi connectivity index (χ0n) is 13.1. The maximum Gasteiger partial charge on any atom is 0.123 e. The Morgan fingerprint density at radius 1 is 1.19 bits per heavy atom. The minimum absolute atomic E-state index is 0.109. The van der Waals surface area contributed by atoms with Gasteiger partial charge < -0.3 is 10.1 Å². The van der Waals surface area contributed by atoms with Crippen LogP contribution in [0.3, 0.4) is 0 Å². The summed E-state index contributed by atoms with van der Waals surface area (Å²) in [6, 6.07) is 10.4. The zero-order chi connectivity index (χ0) is 15.1. The van der Waals surface area contributed by atoms with Gasteiger partial charge in [0.15, 0.2) is 0 Å². The van der Waals surface area contributed by atoms with Crippen LogP contribution in [0.2, 0.25) is 0 Å². The van der Waals surface area contributed by atoms with Crippen LogP contribution in [0.15, 0.2) is 30.3 Å². The van der Waals surface area contributed by atoms with Crippen LogP contribution < -0.4 is 5.32 Å². The van der Waals surface area contributed by atoms with Crippen molar-refractivity contribution in [1.29, 1.82) is 0 Å². The molecule has 4 heteroatoms. The van der Waals surface area contributed by atoms with Gasteiger partial charge in [0, 0.05) is 23.6 Å². The molecule has 1 aromatic carbocycles. The van der Waals surface area contributed by atoms with Crippen LogP contribution in [-0.2, 0) is 11.3 Å². The van der Waals surface area contributed by atoms with E-state index in [2.05, 4.69) is 43.4 Å². The van der Waals surface area contributed by atoms with Gasteiger partial charge in [0.1, 0.15) is 11.1 Å². The average Bonchev–Trinajstić information content (AvgIpc) is 2.95. The number of nitrogens with one attached hydrogen (secondary N) is 1. The van der Waals surface area contributed by atoms with Crippen LogP contribution in [0.4, 0.5) is 0 Å². The third kappa shape index (κ3) is 4.13. The average molecular weight is 304 g/mol. The van der Waals surface area contributed by atoms with Gasteiger partial charge in [-0.05, 0) is 19.9 Å². The quantitative estimate of drug-likeness (QED) is 0.784. The summed E-state index contributed by atoms with van der Waals surface area (Å²) < 4.78 is 5.81. The minimum atomic E-state index is 0.109. The lowest BCUT2D eigenvalue weighted by atomic mass is 10.1. The summed E-state index contributed by atoms with van der Waals surface area (Å²) in [6.07, 6.45) is 1.06. The van der Waals surface area contributed by atoms with Crippen LogP contribution in [-0.4, -0.2) is 18.1 Å². The molecule has 0 aliphatic carbocycles. The van der Waals surface area contributed by atoms with Crippen molar-refractivity contribution in [3.63, 3.8) is 0 Å². The van der Waals surface area contributed by atoms with Gasteiger partial charge in [0.2, 0.25) is 0 Å².